The molecule has 0 heterocycles. The van der Waals surface area contributed by atoms with E-state index in [1.165, 1.54) is 0 Å². The zero-order valence-electron chi connectivity index (χ0n) is 10.0. The molecular weight excluding hydrogens is 178 g/mol. The second-order valence-corrected chi connectivity index (χ2v) is 4.94. The molecule has 0 spiro atoms. The van der Waals surface area contributed by atoms with Gasteiger partial charge < -0.3 is 10.0 Å². The lowest BCUT2D eigenvalue weighted by Gasteiger charge is -2.24. The van der Waals surface area contributed by atoms with Gasteiger partial charge in [-0.25, -0.2) is 0 Å². The number of aliphatic hydroxyl groups excluding tert-OH is 1. The molecule has 3 nitrogen and oxygen atoms in total. The summed E-state index contributed by atoms with van der Waals surface area (Å²) >= 11 is 0. The van der Waals surface area contributed by atoms with E-state index in [4.69, 9.17) is 5.11 Å². The van der Waals surface area contributed by atoms with E-state index >= 15 is 0 Å². The van der Waals surface area contributed by atoms with Gasteiger partial charge in [0.25, 0.3) is 0 Å². The predicted octanol–water partition coefficient (Wildman–Crippen LogP) is 1.30. The smallest absolute Gasteiger partial charge is 0.139 e. The average Bonchev–Trinajstić information content (AvgIpc) is 2.10. The number of carbonyl (C=O) groups is 1. The Morgan fingerprint density at radius 2 is 1.93 bits per heavy atom. The van der Waals surface area contributed by atoms with E-state index in [2.05, 4.69) is 0 Å². The molecule has 0 aliphatic carbocycles. The van der Waals surface area contributed by atoms with Crippen molar-refractivity contribution in [3.05, 3.63) is 0 Å². The molecule has 0 saturated heterocycles. The van der Waals surface area contributed by atoms with Crippen molar-refractivity contribution in [2.75, 3.05) is 20.2 Å². The second kappa shape index (κ2) is 5.47. The number of Topliss-reactive ketones (excluding diaryl/α,β-unsaturated/α-hetero) is 1. The van der Waals surface area contributed by atoms with Crippen LogP contribution in [0.15, 0.2) is 0 Å². The summed E-state index contributed by atoms with van der Waals surface area (Å²) in [6.07, 6.45) is 0.560. The molecule has 0 aromatic heterocycles. The Labute approximate surface area is 87.1 Å². The second-order valence-electron chi connectivity index (χ2n) is 4.94. The van der Waals surface area contributed by atoms with Gasteiger partial charge in [0.1, 0.15) is 5.78 Å². The van der Waals surface area contributed by atoms with Crippen molar-refractivity contribution in [2.24, 2.45) is 5.41 Å². The Balaban J connectivity index is 3.89. The van der Waals surface area contributed by atoms with Gasteiger partial charge in [0, 0.05) is 24.4 Å². The molecule has 0 rings (SSSR count). The molecule has 0 aromatic carbocycles. The first kappa shape index (κ1) is 13.6. The number of hydrogen-bond acceptors (Lipinski definition) is 3. The molecular formula is C11H23NO2. The van der Waals surface area contributed by atoms with Gasteiger partial charge in [-0.05, 0) is 14.0 Å². The summed E-state index contributed by atoms with van der Waals surface area (Å²) in [6, 6.07) is 0.128. The number of likely N-dealkylation sites (N-methyl/N-ethyl adjacent to an activating group) is 1. The Bertz CT molecular complexity index is 184. The van der Waals surface area contributed by atoms with Crippen LogP contribution in [0.1, 0.15) is 34.1 Å². The molecule has 84 valence electrons. The molecule has 0 aromatic rings. The van der Waals surface area contributed by atoms with Crippen LogP contribution in [0.5, 0.6) is 0 Å². The average molecular weight is 201 g/mol. The van der Waals surface area contributed by atoms with Crippen molar-refractivity contribution in [3.63, 3.8) is 0 Å². The highest BCUT2D eigenvalue weighted by atomic mass is 16.3. The minimum atomic E-state index is -0.247. The number of ketones is 1. The molecule has 1 atom stereocenters. The first-order chi connectivity index (χ1) is 6.29. The summed E-state index contributed by atoms with van der Waals surface area (Å²) in [5, 5.41) is 8.90. The highest BCUT2D eigenvalue weighted by Gasteiger charge is 2.21. The summed E-state index contributed by atoms with van der Waals surface area (Å²) in [7, 11) is 1.93. The fourth-order valence-corrected chi connectivity index (χ4v) is 1.01. The lowest BCUT2D eigenvalue weighted by atomic mass is 9.89. The van der Waals surface area contributed by atoms with Crippen LogP contribution in [0.25, 0.3) is 0 Å². The molecule has 14 heavy (non-hydrogen) atoms. The monoisotopic (exact) mass is 201 g/mol. The SMILES string of the molecule is CC(CO)N(C)CCC(=O)C(C)(C)C. The van der Waals surface area contributed by atoms with Gasteiger partial charge in [-0.2, -0.15) is 0 Å². The summed E-state index contributed by atoms with van der Waals surface area (Å²) in [5.74, 6) is 0.273. The van der Waals surface area contributed by atoms with Gasteiger partial charge in [0.15, 0.2) is 0 Å². The van der Waals surface area contributed by atoms with E-state index in [-0.39, 0.29) is 23.8 Å². The van der Waals surface area contributed by atoms with Gasteiger partial charge in [-0.15, -0.1) is 0 Å². The number of aliphatic hydroxyl groups is 1. The molecule has 1 N–H and O–H groups in total. The lowest BCUT2D eigenvalue weighted by molar-refractivity contribution is -0.126. The number of nitrogens with zero attached hydrogens (tertiary/aromatic N) is 1. The van der Waals surface area contributed by atoms with E-state index < -0.39 is 0 Å². The largest absolute Gasteiger partial charge is 0.395 e. The minimum Gasteiger partial charge on any atom is -0.395 e. The van der Waals surface area contributed by atoms with Crippen LogP contribution in [0.4, 0.5) is 0 Å². The van der Waals surface area contributed by atoms with Gasteiger partial charge >= 0.3 is 0 Å². The minimum absolute atomic E-state index is 0.128. The Morgan fingerprint density at radius 3 is 2.29 bits per heavy atom. The van der Waals surface area contributed by atoms with Gasteiger partial charge in [-0.3, -0.25) is 4.79 Å². The van der Waals surface area contributed by atoms with E-state index in [9.17, 15) is 4.79 Å². The fourth-order valence-electron chi connectivity index (χ4n) is 1.01. The highest BCUT2D eigenvalue weighted by molar-refractivity contribution is 5.83. The quantitative estimate of drug-likeness (QED) is 0.729. The molecule has 3 heteroatoms. The van der Waals surface area contributed by atoms with E-state index in [1.54, 1.807) is 0 Å². The van der Waals surface area contributed by atoms with Crippen LogP contribution in [0, 0.1) is 5.41 Å². The molecule has 0 saturated carbocycles. The van der Waals surface area contributed by atoms with Gasteiger partial charge in [0.2, 0.25) is 0 Å². The number of hydrogen-bond donors (Lipinski definition) is 1. The van der Waals surface area contributed by atoms with Crippen LogP contribution in [0.3, 0.4) is 0 Å². The van der Waals surface area contributed by atoms with Crippen LogP contribution in [0.2, 0.25) is 0 Å². The van der Waals surface area contributed by atoms with Crippen molar-refractivity contribution in [3.8, 4) is 0 Å². The van der Waals surface area contributed by atoms with Crippen molar-refractivity contribution in [2.45, 2.75) is 40.2 Å². The van der Waals surface area contributed by atoms with Crippen molar-refractivity contribution in [1.82, 2.24) is 4.90 Å². The molecule has 0 fully saturated rings. The zero-order valence-corrected chi connectivity index (χ0v) is 10.0. The highest BCUT2D eigenvalue weighted by Crippen LogP contribution is 2.16. The summed E-state index contributed by atoms with van der Waals surface area (Å²) < 4.78 is 0. The van der Waals surface area contributed by atoms with Crippen molar-refractivity contribution >= 4 is 5.78 Å². The van der Waals surface area contributed by atoms with Crippen LogP contribution in [-0.2, 0) is 4.79 Å². The predicted molar refractivity (Wildman–Crippen MR) is 58.3 cm³/mol. The van der Waals surface area contributed by atoms with E-state index in [1.807, 2.05) is 39.6 Å². The third kappa shape index (κ3) is 4.72. The molecule has 0 bridgehead atoms. The Morgan fingerprint density at radius 1 is 1.43 bits per heavy atom. The maximum atomic E-state index is 11.6. The fraction of sp³-hybridized carbons (Fsp3) is 0.909. The van der Waals surface area contributed by atoms with E-state index in [0.717, 1.165) is 6.54 Å². The third-order valence-electron chi connectivity index (χ3n) is 2.54. The molecule has 1 unspecified atom stereocenters. The molecule has 0 aliphatic heterocycles. The van der Waals surface area contributed by atoms with Crippen LogP contribution < -0.4 is 0 Å². The van der Waals surface area contributed by atoms with Crippen molar-refractivity contribution < 1.29 is 9.90 Å². The summed E-state index contributed by atoms with van der Waals surface area (Å²) in [6.45, 7) is 8.61. The Hall–Kier alpha value is -0.410. The summed E-state index contributed by atoms with van der Waals surface area (Å²) in [4.78, 5) is 13.6. The lowest BCUT2D eigenvalue weighted by Crippen LogP contribution is -2.35. The zero-order chi connectivity index (χ0) is 11.4. The normalized spacial score (nSPS) is 14.5. The molecule has 0 amide bonds. The standard InChI is InChI=1S/C11H23NO2/c1-9(8-13)12(5)7-6-10(14)11(2,3)4/h9,13H,6-8H2,1-5H3. The first-order valence-electron chi connectivity index (χ1n) is 5.13. The Kier molecular flexibility index (Phi) is 5.31. The van der Waals surface area contributed by atoms with Gasteiger partial charge in [-0.1, -0.05) is 20.8 Å². The van der Waals surface area contributed by atoms with E-state index in [0.29, 0.717) is 6.42 Å². The topological polar surface area (TPSA) is 40.5 Å². The van der Waals surface area contributed by atoms with Crippen LogP contribution >= 0.6 is 0 Å². The van der Waals surface area contributed by atoms with Crippen LogP contribution in [-0.4, -0.2) is 42.0 Å². The van der Waals surface area contributed by atoms with Gasteiger partial charge in [0.05, 0.1) is 6.61 Å². The summed E-state index contributed by atoms with van der Waals surface area (Å²) in [5.41, 5.74) is -0.247. The number of carbonyl (C=O) groups excluding carboxylic acids is 1. The maximum absolute atomic E-state index is 11.6. The first-order valence-corrected chi connectivity index (χ1v) is 5.13. The van der Waals surface area contributed by atoms with Crippen molar-refractivity contribution in [1.29, 1.82) is 0 Å². The molecule has 0 radical (unpaired) electrons. The molecule has 0 aliphatic rings. The maximum Gasteiger partial charge on any atom is 0.139 e. The third-order valence-corrected chi connectivity index (χ3v) is 2.54. The number of rotatable bonds is 5.